The Morgan fingerprint density at radius 1 is 1.33 bits per heavy atom. The van der Waals surface area contributed by atoms with Gasteiger partial charge in [0.15, 0.2) is 0 Å². The Morgan fingerprint density at radius 3 is 2.39 bits per heavy atom. The SMILES string of the molecule is CSCCC(NC(=O)NC(C)CN(C)C)C(=O)O. The van der Waals surface area contributed by atoms with Crippen LogP contribution in [-0.2, 0) is 4.79 Å². The number of carboxylic acid groups (broad SMARTS) is 1. The van der Waals surface area contributed by atoms with E-state index < -0.39 is 18.0 Å². The minimum atomic E-state index is -1.00. The van der Waals surface area contributed by atoms with Gasteiger partial charge in [-0.3, -0.25) is 0 Å². The van der Waals surface area contributed by atoms with Crippen LogP contribution in [0.3, 0.4) is 0 Å². The Kier molecular flexibility index (Phi) is 8.57. The predicted molar refractivity (Wildman–Crippen MR) is 74.1 cm³/mol. The molecule has 0 fully saturated rings. The van der Waals surface area contributed by atoms with E-state index in [1.165, 1.54) is 0 Å². The van der Waals surface area contributed by atoms with Crippen molar-refractivity contribution in [2.45, 2.75) is 25.4 Å². The first-order valence-electron chi connectivity index (χ1n) is 5.80. The molecule has 7 heteroatoms. The van der Waals surface area contributed by atoms with Crippen LogP contribution in [0.4, 0.5) is 4.79 Å². The number of hydrogen-bond acceptors (Lipinski definition) is 4. The van der Waals surface area contributed by atoms with Crippen molar-refractivity contribution in [3.63, 3.8) is 0 Å². The number of likely N-dealkylation sites (N-methyl/N-ethyl adjacent to an activating group) is 1. The molecule has 0 radical (unpaired) electrons. The first-order valence-corrected chi connectivity index (χ1v) is 7.19. The molecule has 0 bridgehead atoms. The van der Waals surface area contributed by atoms with Gasteiger partial charge in [-0.15, -0.1) is 0 Å². The number of carbonyl (C=O) groups excluding carboxylic acids is 1. The summed E-state index contributed by atoms with van der Waals surface area (Å²) in [6, 6.07) is -1.29. The summed E-state index contributed by atoms with van der Waals surface area (Å²) in [5.41, 5.74) is 0. The fourth-order valence-electron chi connectivity index (χ4n) is 1.51. The average molecular weight is 277 g/mol. The van der Waals surface area contributed by atoms with Gasteiger partial charge < -0.3 is 20.6 Å². The highest BCUT2D eigenvalue weighted by molar-refractivity contribution is 7.98. The lowest BCUT2D eigenvalue weighted by Crippen LogP contribution is -2.50. The number of carboxylic acids is 1. The molecule has 0 saturated heterocycles. The maximum atomic E-state index is 11.6. The van der Waals surface area contributed by atoms with Crippen LogP contribution in [0.15, 0.2) is 0 Å². The Hall–Kier alpha value is -0.950. The van der Waals surface area contributed by atoms with E-state index in [0.717, 1.165) is 0 Å². The molecule has 0 aliphatic carbocycles. The summed E-state index contributed by atoms with van der Waals surface area (Å²) in [6.45, 7) is 2.58. The molecule has 0 aromatic rings. The number of aliphatic carboxylic acids is 1. The fourth-order valence-corrected chi connectivity index (χ4v) is 1.98. The van der Waals surface area contributed by atoms with Gasteiger partial charge in [-0.2, -0.15) is 11.8 Å². The zero-order chi connectivity index (χ0) is 14.1. The summed E-state index contributed by atoms with van der Waals surface area (Å²) in [5.74, 6) is -0.302. The summed E-state index contributed by atoms with van der Waals surface area (Å²) >= 11 is 1.56. The number of rotatable bonds is 8. The lowest BCUT2D eigenvalue weighted by molar-refractivity contribution is -0.139. The van der Waals surface area contributed by atoms with Gasteiger partial charge in [-0.05, 0) is 39.4 Å². The van der Waals surface area contributed by atoms with E-state index in [0.29, 0.717) is 18.7 Å². The molecule has 106 valence electrons. The van der Waals surface area contributed by atoms with Crippen molar-refractivity contribution in [3.8, 4) is 0 Å². The lowest BCUT2D eigenvalue weighted by Gasteiger charge is -2.20. The smallest absolute Gasteiger partial charge is 0.326 e. The van der Waals surface area contributed by atoms with Crippen molar-refractivity contribution in [2.75, 3.05) is 32.6 Å². The fraction of sp³-hybridized carbons (Fsp3) is 0.818. The van der Waals surface area contributed by atoms with E-state index in [-0.39, 0.29) is 6.04 Å². The van der Waals surface area contributed by atoms with Gasteiger partial charge in [-0.25, -0.2) is 9.59 Å². The van der Waals surface area contributed by atoms with Crippen LogP contribution in [0.25, 0.3) is 0 Å². The molecule has 0 aliphatic rings. The third-order valence-electron chi connectivity index (χ3n) is 2.23. The normalized spacial score (nSPS) is 14.1. The first kappa shape index (κ1) is 17.1. The largest absolute Gasteiger partial charge is 0.480 e. The minimum absolute atomic E-state index is 0.0324. The molecule has 3 N–H and O–H groups in total. The van der Waals surface area contributed by atoms with E-state index in [2.05, 4.69) is 10.6 Å². The molecule has 6 nitrogen and oxygen atoms in total. The summed E-state index contributed by atoms with van der Waals surface area (Å²) in [5, 5.41) is 14.2. The number of carbonyl (C=O) groups is 2. The predicted octanol–water partition coefficient (Wildman–Crippen LogP) is 0.442. The van der Waals surface area contributed by atoms with Crippen molar-refractivity contribution in [2.24, 2.45) is 0 Å². The molecule has 0 rings (SSSR count). The van der Waals surface area contributed by atoms with Gasteiger partial charge in [0, 0.05) is 12.6 Å². The summed E-state index contributed by atoms with van der Waals surface area (Å²) < 4.78 is 0. The van der Waals surface area contributed by atoms with Crippen molar-refractivity contribution >= 4 is 23.8 Å². The van der Waals surface area contributed by atoms with E-state index in [9.17, 15) is 9.59 Å². The number of hydrogen-bond donors (Lipinski definition) is 3. The lowest BCUT2D eigenvalue weighted by atomic mass is 10.2. The molecule has 0 aliphatic heterocycles. The number of amides is 2. The highest BCUT2D eigenvalue weighted by Crippen LogP contribution is 2.01. The number of urea groups is 1. The Bertz CT molecular complexity index is 274. The monoisotopic (exact) mass is 277 g/mol. The number of nitrogens with one attached hydrogen (secondary N) is 2. The molecule has 2 atom stereocenters. The second kappa shape index (κ2) is 9.04. The molecule has 0 aromatic carbocycles. The van der Waals surface area contributed by atoms with Crippen LogP contribution in [0.5, 0.6) is 0 Å². The standard InChI is InChI=1S/C11H23N3O3S/c1-8(7-14(2)3)12-11(17)13-9(10(15)16)5-6-18-4/h8-9H,5-7H2,1-4H3,(H,15,16)(H2,12,13,17). The van der Waals surface area contributed by atoms with Gasteiger partial charge in [0.1, 0.15) is 6.04 Å². The molecule has 0 spiro atoms. The van der Waals surface area contributed by atoms with Crippen LogP contribution in [0.2, 0.25) is 0 Å². The van der Waals surface area contributed by atoms with Crippen molar-refractivity contribution in [3.05, 3.63) is 0 Å². The number of thioether (sulfide) groups is 1. The highest BCUT2D eigenvalue weighted by atomic mass is 32.2. The summed E-state index contributed by atoms with van der Waals surface area (Å²) in [6.07, 6.45) is 2.32. The molecule has 2 amide bonds. The van der Waals surface area contributed by atoms with Crippen molar-refractivity contribution < 1.29 is 14.7 Å². The van der Waals surface area contributed by atoms with Gasteiger partial charge in [0.25, 0.3) is 0 Å². The molecular weight excluding hydrogens is 254 g/mol. The molecule has 0 heterocycles. The highest BCUT2D eigenvalue weighted by Gasteiger charge is 2.20. The topological polar surface area (TPSA) is 81.7 Å². The zero-order valence-corrected chi connectivity index (χ0v) is 12.2. The maximum absolute atomic E-state index is 11.6. The zero-order valence-electron chi connectivity index (χ0n) is 11.4. The summed E-state index contributed by atoms with van der Waals surface area (Å²) in [7, 11) is 3.82. The maximum Gasteiger partial charge on any atom is 0.326 e. The van der Waals surface area contributed by atoms with Crippen LogP contribution in [-0.4, -0.2) is 66.7 Å². The molecule has 0 aromatic heterocycles. The van der Waals surface area contributed by atoms with Crippen molar-refractivity contribution in [1.29, 1.82) is 0 Å². The van der Waals surface area contributed by atoms with Crippen LogP contribution in [0.1, 0.15) is 13.3 Å². The second-order valence-corrected chi connectivity index (χ2v) is 5.44. The molecule has 18 heavy (non-hydrogen) atoms. The third-order valence-corrected chi connectivity index (χ3v) is 2.87. The van der Waals surface area contributed by atoms with E-state index in [4.69, 9.17) is 5.11 Å². The van der Waals surface area contributed by atoms with E-state index >= 15 is 0 Å². The third kappa shape index (κ3) is 8.19. The Balaban J connectivity index is 4.12. The van der Waals surface area contributed by atoms with Crippen LogP contribution in [0, 0.1) is 0 Å². The average Bonchev–Trinajstić information content (AvgIpc) is 2.22. The Labute approximate surface area is 112 Å². The quantitative estimate of drug-likeness (QED) is 0.600. The number of nitrogens with zero attached hydrogens (tertiary/aromatic N) is 1. The molecular formula is C11H23N3O3S. The van der Waals surface area contributed by atoms with Gasteiger partial charge in [0.05, 0.1) is 0 Å². The van der Waals surface area contributed by atoms with E-state index in [1.807, 2.05) is 32.2 Å². The van der Waals surface area contributed by atoms with Crippen molar-refractivity contribution in [1.82, 2.24) is 15.5 Å². The second-order valence-electron chi connectivity index (χ2n) is 4.45. The van der Waals surface area contributed by atoms with Crippen LogP contribution >= 0.6 is 11.8 Å². The van der Waals surface area contributed by atoms with Gasteiger partial charge >= 0.3 is 12.0 Å². The van der Waals surface area contributed by atoms with Gasteiger partial charge in [-0.1, -0.05) is 0 Å². The molecule has 2 unspecified atom stereocenters. The Morgan fingerprint density at radius 2 is 1.94 bits per heavy atom. The first-order chi connectivity index (χ1) is 8.36. The minimum Gasteiger partial charge on any atom is -0.480 e. The summed E-state index contributed by atoms with van der Waals surface area (Å²) in [4.78, 5) is 24.5. The van der Waals surface area contributed by atoms with Gasteiger partial charge in [0.2, 0.25) is 0 Å². The molecule has 0 saturated carbocycles. The van der Waals surface area contributed by atoms with E-state index in [1.54, 1.807) is 11.8 Å². The van der Waals surface area contributed by atoms with Crippen LogP contribution < -0.4 is 10.6 Å².